The zero-order chi connectivity index (χ0) is 19.4. The molecule has 0 saturated heterocycles. The normalized spacial score (nSPS) is 10.9. The molecule has 0 fully saturated rings. The molecule has 0 aliphatic carbocycles. The number of hydrogen-bond acceptors (Lipinski definition) is 3. The van der Waals surface area contributed by atoms with Gasteiger partial charge in [0.1, 0.15) is 5.75 Å². The number of hydrogen-bond donors (Lipinski definition) is 2. The molecule has 0 heterocycles. The van der Waals surface area contributed by atoms with E-state index in [0.29, 0.717) is 27.5 Å². The minimum absolute atomic E-state index is 0.00331. The third kappa shape index (κ3) is 4.88. The first-order valence-electron chi connectivity index (χ1n) is 8.12. The van der Waals surface area contributed by atoms with Crippen molar-refractivity contribution >= 4 is 46.7 Å². The van der Waals surface area contributed by atoms with Crippen molar-refractivity contribution in [3.63, 3.8) is 0 Å². The number of nitrogens with zero attached hydrogens (tertiary/aromatic N) is 1. The summed E-state index contributed by atoms with van der Waals surface area (Å²) in [5, 5.41) is 13.6. The first-order valence-corrected chi connectivity index (χ1v) is 8.88. The summed E-state index contributed by atoms with van der Waals surface area (Å²) in [6.07, 6.45) is 1.55. The monoisotopic (exact) mass is 398 g/mol. The van der Waals surface area contributed by atoms with Crippen LogP contribution in [-0.2, 0) is 0 Å². The summed E-state index contributed by atoms with van der Waals surface area (Å²) in [5.41, 5.74) is 3.27. The van der Waals surface area contributed by atoms with Gasteiger partial charge in [-0.2, -0.15) is 0 Å². The van der Waals surface area contributed by atoms with E-state index in [4.69, 9.17) is 23.2 Å². The Morgan fingerprint density at radius 2 is 1.81 bits per heavy atom. The van der Waals surface area contributed by atoms with Gasteiger partial charge in [-0.15, -0.1) is 0 Å². The van der Waals surface area contributed by atoms with E-state index >= 15 is 0 Å². The zero-order valence-electron chi connectivity index (χ0n) is 14.4. The third-order valence-corrected chi connectivity index (χ3v) is 4.33. The molecule has 1 amide bonds. The van der Waals surface area contributed by atoms with Gasteiger partial charge in [0.05, 0.1) is 10.7 Å². The number of rotatable bonds is 4. The Morgan fingerprint density at radius 3 is 2.52 bits per heavy atom. The van der Waals surface area contributed by atoms with Gasteiger partial charge in [0.15, 0.2) is 0 Å². The first kappa shape index (κ1) is 19.0. The second-order valence-corrected chi connectivity index (χ2v) is 6.80. The summed E-state index contributed by atoms with van der Waals surface area (Å²) in [7, 11) is 0. The molecule has 0 aliphatic rings. The van der Waals surface area contributed by atoms with Gasteiger partial charge in [0.2, 0.25) is 0 Å². The molecule has 0 bridgehead atoms. The molecule has 2 N–H and O–H groups in total. The van der Waals surface area contributed by atoms with Crippen LogP contribution in [-0.4, -0.2) is 17.2 Å². The topological polar surface area (TPSA) is 61.7 Å². The van der Waals surface area contributed by atoms with Crippen LogP contribution in [0.4, 0.5) is 11.4 Å². The molecule has 0 aromatic heterocycles. The standard InChI is InChI=1S/C21H16Cl2N2O2/c1-13-9-15(20(26)19(23)10-13)12-24-17-5-7-18(8-6-17)25-21(27)14-3-2-4-16(22)11-14/h2-12,26H,1H3,(H,25,27). The van der Waals surface area contributed by atoms with E-state index in [1.54, 1.807) is 66.9 Å². The van der Waals surface area contributed by atoms with Crippen LogP contribution in [0.1, 0.15) is 21.5 Å². The number of aliphatic imine (C=N–C) groups is 1. The van der Waals surface area contributed by atoms with E-state index in [9.17, 15) is 9.90 Å². The van der Waals surface area contributed by atoms with Crippen LogP contribution in [0.2, 0.25) is 10.0 Å². The average Bonchev–Trinajstić information content (AvgIpc) is 2.64. The quantitative estimate of drug-likeness (QED) is 0.528. The fourth-order valence-electron chi connectivity index (χ4n) is 2.47. The van der Waals surface area contributed by atoms with Gasteiger partial charge in [-0.1, -0.05) is 29.3 Å². The maximum Gasteiger partial charge on any atom is 0.255 e. The van der Waals surface area contributed by atoms with E-state index in [1.165, 1.54) is 0 Å². The lowest BCUT2D eigenvalue weighted by atomic mass is 10.1. The van der Waals surface area contributed by atoms with E-state index in [-0.39, 0.29) is 16.7 Å². The van der Waals surface area contributed by atoms with Gasteiger partial charge in [-0.3, -0.25) is 9.79 Å². The summed E-state index contributed by atoms with van der Waals surface area (Å²) in [6, 6.07) is 17.2. The number of phenolic OH excluding ortho intramolecular Hbond substituents is 1. The minimum Gasteiger partial charge on any atom is -0.506 e. The van der Waals surface area contributed by atoms with E-state index in [0.717, 1.165) is 5.56 Å². The molecule has 3 rings (SSSR count). The Morgan fingerprint density at radius 1 is 1.07 bits per heavy atom. The van der Waals surface area contributed by atoms with Crippen molar-refractivity contribution in [3.05, 3.63) is 87.4 Å². The van der Waals surface area contributed by atoms with Crippen LogP contribution in [0.5, 0.6) is 5.75 Å². The molecule has 3 aromatic carbocycles. The number of amides is 1. The van der Waals surface area contributed by atoms with Crippen molar-refractivity contribution in [1.29, 1.82) is 0 Å². The molecule has 3 aromatic rings. The third-order valence-electron chi connectivity index (χ3n) is 3.80. The van der Waals surface area contributed by atoms with Gasteiger partial charge in [0, 0.05) is 28.1 Å². The molecule has 6 heteroatoms. The van der Waals surface area contributed by atoms with E-state index < -0.39 is 0 Å². The van der Waals surface area contributed by atoms with Crippen molar-refractivity contribution in [2.75, 3.05) is 5.32 Å². The summed E-state index contributed by atoms with van der Waals surface area (Å²) in [5.74, 6) is -0.246. The first-order chi connectivity index (χ1) is 12.9. The van der Waals surface area contributed by atoms with Gasteiger partial charge < -0.3 is 10.4 Å². The predicted octanol–water partition coefficient (Wildman–Crippen LogP) is 6.01. The fourth-order valence-corrected chi connectivity index (χ4v) is 2.94. The largest absolute Gasteiger partial charge is 0.506 e. The number of carbonyl (C=O) groups is 1. The summed E-state index contributed by atoms with van der Waals surface area (Å²) >= 11 is 11.9. The molecule has 0 saturated carbocycles. The molecule has 0 spiro atoms. The maximum atomic E-state index is 12.2. The Bertz CT molecular complexity index is 1020. The molecule has 0 unspecified atom stereocenters. The minimum atomic E-state index is -0.243. The number of benzene rings is 3. The SMILES string of the molecule is Cc1cc(Cl)c(O)c(C=Nc2ccc(NC(=O)c3cccc(Cl)c3)cc2)c1. The van der Waals surface area contributed by atoms with Crippen molar-refractivity contribution in [1.82, 2.24) is 0 Å². The highest BCUT2D eigenvalue weighted by atomic mass is 35.5. The number of carbonyl (C=O) groups excluding carboxylic acids is 1. The number of anilines is 1. The van der Waals surface area contributed by atoms with Gasteiger partial charge >= 0.3 is 0 Å². The van der Waals surface area contributed by atoms with Gasteiger partial charge in [-0.05, 0) is 67.1 Å². The summed E-state index contributed by atoms with van der Waals surface area (Å²) in [6.45, 7) is 1.89. The van der Waals surface area contributed by atoms with E-state index in [2.05, 4.69) is 10.3 Å². The number of aromatic hydroxyl groups is 1. The predicted molar refractivity (Wildman–Crippen MR) is 111 cm³/mol. The van der Waals surface area contributed by atoms with Gasteiger partial charge in [-0.25, -0.2) is 0 Å². The lowest BCUT2D eigenvalue weighted by molar-refractivity contribution is 0.102. The molecule has 136 valence electrons. The number of nitrogens with one attached hydrogen (secondary N) is 1. The highest BCUT2D eigenvalue weighted by Gasteiger charge is 2.07. The second kappa shape index (κ2) is 8.25. The number of aryl methyl sites for hydroxylation is 1. The van der Waals surface area contributed by atoms with Crippen LogP contribution < -0.4 is 5.32 Å². The van der Waals surface area contributed by atoms with Gasteiger partial charge in [0.25, 0.3) is 5.91 Å². The lowest BCUT2D eigenvalue weighted by Crippen LogP contribution is -2.11. The van der Waals surface area contributed by atoms with Crippen LogP contribution in [0.25, 0.3) is 0 Å². The van der Waals surface area contributed by atoms with Crippen LogP contribution in [0.3, 0.4) is 0 Å². The smallest absolute Gasteiger partial charge is 0.255 e. The lowest BCUT2D eigenvalue weighted by Gasteiger charge is -2.06. The molecule has 0 atom stereocenters. The number of halogens is 2. The van der Waals surface area contributed by atoms with Crippen LogP contribution >= 0.6 is 23.2 Å². The molecular formula is C21H16Cl2N2O2. The van der Waals surface area contributed by atoms with Crippen molar-refractivity contribution in [3.8, 4) is 5.75 Å². The maximum absolute atomic E-state index is 12.2. The number of phenols is 1. The molecular weight excluding hydrogens is 383 g/mol. The van der Waals surface area contributed by atoms with Crippen molar-refractivity contribution < 1.29 is 9.90 Å². The Labute approximate surface area is 167 Å². The molecule has 27 heavy (non-hydrogen) atoms. The Kier molecular flexibility index (Phi) is 5.79. The second-order valence-electron chi connectivity index (χ2n) is 5.95. The van der Waals surface area contributed by atoms with Crippen molar-refractivity contribution in [2.45, 2.75) is 6.92 Å². The van der Waals surface area contributed by atoms with E-state index in [1.807, 2.05) is 6.92 Å². The molecule has 4 nitrogen and oxygen atoms in total. The molecule has 0 radical (unpaired) electrons. The highest BCUT2D eigenvalue weighted by Crippen LogP contribution is 2.28. The fraction of sp³-hybridized carbons (Fsp3) is 0.0476. The summed E-state index contributed by atoms with van der Waals surface area (Å²) in [4.78, 5) is 16.6. The van der Waals surface area contributed by atoms with Crippen molar-refractivity contribution in [2.24, 2.45) is 4.99 Å². The van der Waals surface area contributed by atoms with Crippen LogP contribution in [0.15, 0.2) is 65.7 Å². The van der Waals surface area contributed by atoms with Crippen LogP contribution in [0, 0.1) is 6.92 Å². The average molecular weight is 399 g/mol. The zero-order valence-corrected chi connectivity index (χ0v) is 15.9. The summed E-state index contributed by atoms with van der Waals surface area (Å²) < 4.78 is 0. The Balaban J connectivity index is 1.71. The highest BCUT2D eigenvalue weighted by molar-refractivity contribution is 6.32. The molecule has 0 aliphatic heterocycles. The Hall–Kier alpha value is -2.82.